The summed E-state index contributed by atoms with van der Waals surface area (Å²) in [5.41, 5.74) is 0.305. The normalized spacial score (nSPS) is 28.5. The molecular weight excluding hydrogens is 288 g/mol. The zero-order valence-electron chi connectivity index (χ0n) is 13.2. The Morgan fingerprint density at radius 3 is 2.48 bits per heavy atom. The molecule has 0 saturated heterocycles. The molecule has 2 aliphatic carbocycles. The predicted molar refractivity (Wildman–Crippen MR) is 84.0 cm³/mol. The number of urea groups is 1. The average Bonchev–Trinajstić information content (AvgIpc) is 2.37. The third kappa shape index (κ3) is 4.34. The zero-order valence-corrected chi connectivity index (χ0v) is 14.0. The van der Waals surface area contributed by atoms with Gasteiger partial charge in [-0.15, -0.1) is 0 Å². The molecule has 0 bridgehead atoms. The van der Waals surface area contributed by atoms with Gasteiger partial charge in [0, 0.05) is 18.8 Å². The highest BCUT2D eigenvalue weighted by molar-refractivity contribution is 7.91. The van der Waals surface area contributed by atoms with E-state index < -0.39 is 9.84 Å². The van der Waals surface area contributed by atoms with E-state index in [4.69, 9.17) is 0 Å². The Kier molecular flexibility index (Phi) is 5.17. The largest absolute Gasteiger partial charge is 0.338 e. The quantitative estimate of drug-likeness (QED) is 0.816. The van der Waals surface area contributed by atoms with E-state index in [1.165, 1.54) is 25.5 Å². The van der Waals surface area contributed by atoms with Crippen molar-refractivity contribution in [2.24, 2.45) is 5.41 Å². The molecule has 0 radical (unpaired) electrons. The molecule has 2 amide bonds. The summed E-state index contributed by atoms with van der Waals surface area (Å²) in [5.74, 6) is 0. The standard InChI is InChI=1S/C15H28N2O3S/c1-3-15(8-5-9-15)11-16-14(18)17-12-6-4-7-13(10-12)21(2,19)20/h12-13H,3-11H2,1-2H3,(H2,16,17,18)/t12-,13+/m0/s1. The molecule has 5 nitrogen and oxygen atoms in total. The van der Waals surface area contributed by atoms with E-state index in [1.807, 2.05) is 0 Å². The van der Waals surface area contributed by atoms with Crippen LogP contribution < -0.4 is 10.6 Å². The summed E-state index contributed by atoms with van der Waals surface area (Å²) in [5, 5.41) is 5.63. The third-order valence-corrected chi connectivity index (χ3v) is 6.99. The van der Waals surface area contributed by atoms with Crippen molar-refractivity contribution in [3.05, 3.63) is 0 Å². The van der Waals surface area contributed by atoms with Crippen molar-refractivity contribution < 1.29 is 13.2 Å². The van der Waals surface area contributed by atoms with Crippen molar-refractivity contribution in [1.29, 1.82) is 0 Å². The van der Waals surface area contributed by atoms with Gasteiger partial charge in [0.25, 0.3) is 0 Å². The van der Waals surface area contributed by atoms with Gasteiger partial charge in [-0.25, -0.2) is 13.2 Å². The molecule has 0 spiro atoms. The number of carbonyl (C=O) groups is 1. The van der Waals surface area contributed by atoms with Gasteiger partial charge >= 0.3 is 6.03 Å². The minimum atomic E-state index is -3.00. The van der Waals surface area contributed by atoms with Crippen LogP contribution in [0.25, 0.3) is 0 Å². The van der Waals surface area contributed by atoms with Crippen LogP contribution in [-0.4, -0.2) is 38.5 Å². The van der Waals surface area contributed by atoms with Gasteiger partial charge in [0.15, 0.2) is 0 Å². The maximum absolute atomic E-state index is 12.0. The number of rotatable bonds is 5. The maximum Gasteiger partial charge on any atom is 0.315 e. The fourth-order valence-corrected chi connectivity index (χ4v) is 4.68. The van der Waals surface area contributed by atoms with Crippen molar-refractivity contribution >= 4 is 15.9 Å². The van der Waals surface area contributed by atoms with Crippen LogP contribution in [-0.2, 0) is 9.84 Å². The van der Waals surface area contributed by atoms with E-state index in [0.717, 1.165) is 32.2 Å². The lowest BCUT2D eigenvalue weighted by Gasteiger charge is -2.41. The Morgan fingerprint density at radius 2 is 1.95 bits per heavy atom. The average molecular weight is 316 g/mol. The molecule has 6 heteroatoms. The van der Waals surface area contributed by atoms with Gasteiger partial charge in [-0.3, -0.25) is 0 Å². The first-order valence-electron chi connectivity index (χ1n) is 8.08. The molecule has 0 aromatic rings. The second kappa shape index (κ2) is 6.55. The van der Waals surface area contributed by atoms with Gasteiger partial charge in [-0.2, -0.15) is 0 Å². The van der Waals surface area contributed by atoms with Gasteiger partial charge in [-0.05, 0) is 43.9 Å². The smallest absolute Gasteiger partial charge is 0.315 e. The van der Waals surface area contributed by atoms with Crippen molar-refractivity contribution in [1.82, 2.24) is 10.6 Å². The highest BCUT2D eigenvalue weighted by Crippen LogP contribution is 2.43. The maximum atomic E-state index is 12.0. The molecule has 2 rings (SSSR count). The summed E-state index contributed by atoms with van der Waals surface area (Å²) in [4.78, 5) is 12.0. The van der Waals surface area contributed by atoms with Crippen molar-refractivity contribution in [2.75, 3.05) is 12.8 Å². The minimum Gasteiger partial charge on any atom is -0.338 e. The van der Waals surface area contributed by atoms with Crippen LogP contribution in [0.5, 0.6) is 0 Å². The van der Waals surface area contributed by atoms with Crippen molar-refractivity contribution in [3.63, 3.8) is 0 Å². The number of hydrogen-bond donors (Lipinski definition) is 2. The minimum absolute atomic E-state index is 0.0163. The van der Waals surface area contributed by atoms with Crippen LogP contribution in [0.2, 0.25) is 0 Å². The molecular formula is C15H28N2O3S. The van der Waals surface area contributed by atoms with Gasteiger partial charge < -0.3 is 10.6 Å². The van der Waals surface area contributed by atoms with Gasteiger partial charge in [0.2, 0.25) is 0 Å². The van der Waals surface area contributed by atoms with E-state index in [0.29, 0.717) is 11.8 Å². The summed E-state index contributed by atoms with van der Waals surface area (Å²) in [6.07, 6.45) is 9.06. The predicted octanol–water partition coefficient (Wildman–Crippen LogP) is 2.22. The lowest BCUT2D eigenvalue weighted by atomic mass is 9.67. The molecule has 122 valence electrons. The first-order valence-corrected chi connectivity index (χ1v) is 10.0. The number of nitrogens with one attached hydrogen (secondary N) is 2. The van der Waals surface area contributed by atoms with E-state index in [-0.39, 0.29) is 17.3 Å². The third-order valence-electron chi connectivity index (χ3n) is 5.35. The fraction of sp³-hybridized carbons (Fsp3) is 0.933. The highest BCUT2D eigenvalue weighted by Gasteiger charge is 2.35. The molecule has 2 saturated carbocycles. The first-order chi connectivity index (χ1) is 9.85. The lowest BCUT2D eigenvalue weighted by molar-refractivity contribution is 0.125. The Morgan fingerprint density at radius 1 is 1.24 bits per heavy atom. The van der Waals surface area contributed by atoms with Crippen molar-refractivity contribution in [2.45, 2.75) is 69.6 Å². The second-order valence-electron chi connectivity index (χ2n) is 6.85. The van der Waals surface area contributed by atoms with Crippen LogP contribution in [0.15, 0.2) is 0 Å². The first kappa shape index (κ1) is 16.6. The Bertz CT molecular complexity index is 466. The molecule has 0 aromatic heterocycles. The highest BCUT2D eigenvalue weighted by atomic mass is 32.2. The molecule has 2 N–H and O–H groups in total. The molecule has 0 aromatic carbocycles. The summed E-state index contributed by atoms with van der Waals surface area (Å²) in [7, 11) is -3.00. The summed E-state index contributed by atoms with van der Waals surface area (Å²) >= 11 is 0. The number of sulfone groups is 1. The molecule has 2 aliphatic rings. The van der Waals surface area contributed by atoms with Crippen LogP contribution in [0, 0.1) is 5.41 Å². The molecule has 0 unspecified atom stereocenters. The monoisotopic (exact) mass is 316 g/mol. The van der Waals surface area contributed by atoms with Gasteiger partial charge in [0.1, 0.15) is 9.84 Å². The Hall–Kier alpha value is -0.780. The second-order valence-corrected chi connectivity index (χ2v) is 9.17. The summed E-state index contributed by atoms with van der Waals surface area (Å²) in [6.45, 7) is 2.91. The Balaban J connectivity index is 1.77. The van der Waals surface area contributed by atoms with Crippen LogP contribution in [0.3, 0.4) is 0 Å². The number of carbonyl (C=O) groups excluding carboxylic acids is 1. The van der Waals surface area contributed by atoms with Crippen LogP contribution in [0.1, 0.15) is 58.3 Å². The molecule has 21 heavy (non-hydrogen) atoms. The van der Waals surface area contributed by atoms with E-state index in [1.54, 1.807) is 0 Å². The topological polar surface area (TPSA) is 75.3 Å². The lowest BCUT2D eigenvalue weighted by Crippen LogP contribution is -2.49. The van der Waals surface area contributed by atoms with E-state index in [9.17, 15) is 13.2 Å². The van der Waals surface area contributed by atoms with E-state index >= 15 is 0 Å². The van der Waals surface area contributed by atoms with Gasteiger partial charge in [0.05, 0.1) is 5.25 Å². The van der Waals surface area contributed by atoms with Gasteiger partial charge in [-0.1, -0.05) is 19.8 Å². The summed E-state index contributed by atoms with van der Waals surface area (Å²) in [6, 6.07) is -0.161. The molecule has 0 aliphatic heterocycles. The molecule has 2 fully saturated rings. The SMILES string of the molecule is CCC1(CNC(=O)N[C@H]2CCC[C@@H](S(C)(=O)=O)C2)CCC1. The molecule has 2 atom stereocenters. The Labute approximate surface area is 128 Å². The van der Waals surface area contributed by atoms with Crippen LogP contribution >= 0.6 is 0 Å². The zero-order chi connectivity index (χ0) is 15.5. The molecule has 0 heterocycles. The number of amides is 2. The van der Waals surface area contributed by atoms with Crippen molar-refractivity contribution in [3.8, 4) is 0 Å². The van der Waals surface area contributed by atoms with Crippen LogP contribution in [0.4, 0.5) is 4.79 Å². The summed E-state index contributed by atoms with van der Waals surface area (Å²) < 4.78 is 23.3. The van der Waals surface area contributed by atoms with E-state index in [2.05, 4.69) is 17.6 Å². The number of hydrogen-bond acceptors (Lipinski definition) is 3. The fourth-order valence-electron chi connectivity index (χ4n) is 3.50.